The van der Waals surface area contributed by atoms with Gasteiger partial charge in [0.05, 0.1) is 5.60 Å². The summed E-state index contributed by atoms with van der Waals surface area (Å²) in [7, 11) is 0. The van der Waals surface area contributed by atoms with Gasteiger partial charge in [-0.3, -0.25) is 4.90 Å². The maximum Gasteiger partial charge on any atom is 0.329 e. The summed E-state index contributed by atoms with van der Waals surface area (Å²) in [6.45, 7) is 3.48. The van der Waals surface area contributed by atoms with Gasteiger partial charge in [0.2, 0.25) is 0 Å². The highest BCUT2D eigenvalue weighted by molar-refractivity contribution is 5.68. The van der Waals surface area contributed by atoms with Crippen molar-refractivity contribution in [2.45, 2.75) is 37.8 Å². The standard InChI is InChI=1S/C12H19NO3/c1-12(16-7-11(14)15)8-13(9-12)10-5-3-2-4-6-10/h3,5,10H,2,4,6-9H2,1H3,(H,14,15). The van der Waals surface area contributed by atoms with Gasteiger partial charge in [-0.1, -0.05) is 12.2 Å². The van der Waals surface area contributed by atoms with Gasteiger partial charge in [-0.15, -0.1) is 0 Å². The van der Waals surface area contributed by atoms with E-state index in [-0.39, 0.29) is 12.2 Å². The Morgan fingerprint density at radius 2 is 2.38 bits per heavy atom. The van der Waals surface area contributed by atoms with Crippen LogP contribution >= 0.6 is 0 Å². The first-order valence-electron chi connectivity index (χ1n) is 5.86. The molecule has 2 aliphatic rings. The van der Waals surface area contributed by atoms with Crippen LogP contribution in [0.4, 0.5) is 0 Å². The third-order valence-electron chi connectivity index (χ3n) is 3.32. The van der Waals surface area contributed by atoms with Gasteiger partial charge < -0.3 is 9.84 Å². The van der Waals surface area contributed by atoms with Crippen molar-refractivity contribution in [2.75, 3.05) is 19.7 Å². The van der Waals surface area contributed by atoms with Crippen LogP contribution in [-0.2, 0) is 9.53 Å². The average Bonchev–Trinajstić information content (AvgIpc) is 2.24. The van der Waals surface area contributed by atoms with Gasteiger partial charge in [0.15, 0.2) is 0 Å². The molecule has 1 saturated heterocycles. The molecular formula is C12H19NO3. The topological polar surface area (TPSA) is 49.8 Å². The summed E-state index contributed by atoms with van der Waals surface area (Å²) in [6, 6.07) is 0.537. The van der Waals surface area contributed by atoms with Crippen LogP contribution in [0.1, 0.15) is 26.2 Å². The summed E-state index contributed by atoms with van der Waals surface area (Å²) in [6.07, 6.45) is 8.16. The van der Waals surface area contributed by atoms with Gasteiger partial charge in [0.1, 0.15) is 6.61 Å². The van der Waals surface area contributed by atoms with Crippen LogP contribution in [0.2, 0.25) is 0 Å². The molecule has 0 amide bonds. The van der Waals surface area contributed by atoms with Crippen molar-refractivity contribution in [1.29, 1.82) is 0 Å². The van der Waals surface area contributed by atoms with Crippen molar-refractivity contribution in [1.82, 2.24) is 4.90 Å². The molecule has 0 aromatic rings. The fraction of sp³-hybridized carbons (Fsp3) is 0.750. The number of carbonyl (C=O) groups is 1. The first-order chi connectivity index (χ1) is 7.59. The van der Waals surface area contributed by atoms with Crippen LogP contribution in [0.15, 0.2) is 12.2 Å². The van der Waals surface area contributed by atoms with Crippen LogP contribution in [-0.4, -0.2) is 47.3 Å². The van der Waals surface area contributed by atoms with Crippen LogP contribution in [0.5, 0.6) is 0 Å². The van der Waals surface area contributed by atoms with E-state index in [9.17, 15) is 4.79 Å². The maximum absolute atomic E-state index is 10.4. The van der Waals surface area contributed by atoms with Crippen molar-refractivity contribution in [3.8, 4) is 0 Å². The quantitative estimate of drug-likeness (QED) is 0.732. The highest BCUT2D eigenvalue weighted by Gasteiger charge is 2.42. The zero-order valence-electron chi connectivity index (χ0n) is 9.69. The predicted octanol–water partition coefficient (Wildman–Crippen LogP) is 1.27. The first kappa shape index (κ1) is 11.6. The second-order valence-electron chi connectivity index (χ2n) is 4.96. The lowest BCUT2D eigenvalue weighted by atomic mass is 9.90. The fourth-order valence-corrected chi connectivity index (χ4v) is 2.47. The number of nitrogens with zero attached hydrogens (tertiary/aromatic N) is 1. The van der Waals surface area contributed by atoms with Crippen molar-refractivity contribution in [3.05, 3.63) is 12.2 Å². The van der Waals surface area contributed by atoms with Gasteiger partial charge in [-0.2, -0.15) is 0 Å². The van der Waals surface area contributed by atoms with Gasteiger partial charge in [0, 0.05) is 19.1 Å². The molecule has 2 rings (SSSR count). The molecule has 0 aromatic carbocycles. The third-order valence-corrected chi connectivity index (χ3v) is 3.32. The van der Waals surface area contributed by atoms with Crippen molar-refractivity contribution in [3.63, 3.8) is 0 Å². The molecule has 16 heavy (non-hydrogen) atoms. The summed E-state index contributed by atoms with van der Waals surface area (Å²) in [5.41, 5.74) is -0.260. The molecule has 4 nitrogen and oxygen atoms in total. The number of hydrogen-bond acceptors (Lipinski definition) is 3. The van der Waals surface area contributed by atoms with Crippen LogP contribution in [0.25, 0.3) is 0 Å². The van der Waals surface area contributed by atoms with E-state index in [1.807, 2.05) is 6.92 Å². The first-order valence-corrected chi connectivity index (χ1v) is 5.86. The minimum Gasteiger partial charge on any atom is -0.480 e. The Labute approximate surface area is 95.9 Å². The molecule has 0 bridgehead atoms. The lowest BCUT2D eigenvalue weighted by molar-refractivity contribution is -0.167. The maximum atomic E-state index is 10.4. The highest BCUT2D eigenvalue weighted by atomic mass is 16.5. The van der Waals surface area contributed by atoms with Crippen molar-refractivity contribution >= 4 is 5.97 Å². The molecule has 0 saturated carbocycles. The molecule has 1 N–H and O–H groups in total. The summed E-state index contributed by atoms with van der Waals surface area (Å²) in [5.74, 6) is -0.891. The van der Waals surface area contributed by atoms with E-state index in [1.54, 1.807) is 0 Å². The molecule has 90 valence electrons. The normalized spacial score (nSPS) is 28.7. The number of hydrogen-bond donors (Lipinski definition) is 1. The van der Waals surface area contributed by atoms with Crippen LogP contribution < -0.4 is 0 Å². The zero-order valence-corrected chi connectivity index (χ0v) is 9.69. The van der Waals surface area contributed by atoms with Crippen LogP contribution in [0, 0.1) is 0 Å². The number of likely N-dealkylation sites (tertiary alicyclic amines) is 1. The third kappa shape index (κ3) is 2.62. The molecule has 1 fully saturated rings. The Morgan fingerprint density at radius 3 is 2.94 bits per heavy atom. The minimum atomic E-state index is -0.891. The Morgan fingerprint density at radius 1 is 1.62 bits per heavy atom. The Kier molecular flexibility index (Phi) is 3.30. The van der Waals surface area contributed by atoms with E-state index in [2.05, 4.69) is 17.1 Å². The summed E-state index contributed by atoms with van der Waals surface area (Å²) >= 11 is 0. The van der Waals surface area contributed by atoms with Gasteiger partial charge in [-0.25, -0.2) is 4.79 Å². The number of allylic oxidation sites excluding steroid dienone is 1. The number of carboxylic acids is 1. The molecule has 4 heteroatoms. The van der Waals surface area contributed by atoms with E-state index >= 15 is 0 Å². The highest BCUT2D eigenvalue weighted by Crippen LogP contribution is 2.30. The summed E-state index contributed by atoms with van der Waals surface area (Å²) < 4.78 is 5.38. The van der Waals surface area contributed by atoms with Gasteiger partial charge in [-0.05, 0) is 26.2 Å². The molecule has 1 aliphatic carbocycles. The molecular weight excluding hydrogens is 206 g/mol. The van der Waals surface area contributed by atoms with Crippen LogP contribution in [0.3, 0.4) is 0 Å². The van der Waals surface area contributed by atoms with E-state index in [0.29, 0.717) is 6.04 Å². The molecule has 1 aliphatic heterocycles. The summed E-state index contributed by atoms with van der Waals surface area (Å²) in [5, 5.41) is 8.56. The SMILES string of the molecule is CC1(OCC(=O)O)CN(C2C=CCCC2)C1. The number of rotatable bonds is 4. The second-order valence-corrected chi connectivity index (χ2v) is 4.96. The van der Waals surface area contributed by atoms with E-state index < -0.39 is 5.97 Å². The van der Waals surface area contributed by atoms with E-state index in [0.717, 1.165) is 13.1 Å². The Bertz CT molecular complexity index is 295. The molecule has 1 atom stereocenters. The minimum absolute atomic E-state index is 0.190. The largest absolute Gasteiger partial charge is 0.480 e. The van der Waals surface area contributed by atoms with E-state index in [4.69, 9.17) is 9.84 Å². The summed E-state index contributed by atoms with van der Waals surface area (Å²) in [4.78, 5) is 12.8. The van der Waals surface area contributed by atoms with E-state index in [1.165, 1.54) is 19.3 Å². The molecule has 1 unspecified atom stereocenters. The smallest absolute Gasteiger partial charge is 0.329 e. The Hall–Kier alpha value is -0.870. The van der Waals surface area contributed by atoms with Crippen molar-refractivity contribution in [2.24, 2.45) is 0 Å². The second kappa shape index (κ2) is 4.55. The fourth-order valence-electron chi connectivity index (χ4n) is 2.47. The van der Waals surface area contributed by atoms with Crippen molar-refractivity contribution < 1.29 is 14.6 Å². The molecule has 0 aromatic heterocycles. The Balaban J connectivity index is 1.77. The zero-order chi connectivity index (χ0) is 11.6. The lowest BCUT2D eigenvalue weighted by Gasteiger charge is -2.50. The van der Waals surface area contributed by atoms with Gasteiger partial charge >= 0.3 is 5.97 Å². The number of ether oxygens (including phenoxy) is 1. The lowest BCUT2D eigenvalue weighted by Crippen LogP contribution is -2.64. The van der Waals surface area contributed by atoms with Gasteiger partial charge in [0.25, 0.3) is 0 Å². The monoisotopic (exact) mass is 225 g/mol. The molecule has 0 radical (unpaired) electrons. The molecule has 0 spiro atoms. The molecule has 1 heterocycles. The average molecular weight is 225 g/mol. The predicted molar refractivity (Wildman–Crippen MR) is 60.3 cm³/mol. The number of aliphatic carboxylic acids is 1. The number of carboxylic acid groups (broad SMARTS) is 1.